The summed E-state index contributed by atoms with van der Waals surface area (Å²) in [6.07, 6.45) is 5.41. The van der Waals surface area contributed by atoms with E-state index in [4.69, 9.17) is 9.26 Å². The number of carbonyl (C=O) groups is 1. The summed E-state index contributed by atoms with van der Waals surface area (Å²) >= 11 is 0. The van der Waals surface area contributed by atoms with Crippen molar-refractivity contribution in [2.45, 2.75) is 12.8 Å². The molecule has 0 aliphatic heterocycles. The molecule has 3 heterocycles. The summed E-state index contributed by atoms with van der Waals surface area (Å²) in [5.41, 5.74) is 0.759. The van der Waals surface area contributed by atoms with Gasteiger partial charge in [-0.1, -0.05) is 5.16 Å². The van der Waals surface area contributed by atoms with Crippen LogP contribution in [0.15, 0.2) is 47.4 Å². The van der Waals surface area contributed by atoms with Gasteiger partial charge in [-0.2, -0.15) is 4.98 Å². The van der Waals surface area contributed by atoms with Crippen LogP contribution < -0.4 is 10.1 Å². The van der Waals surface area contributed by atoms with Gasteiger partial charge in [0.25, 0.3) is 0 Å². The van der Waals surface area contributed by atoms with Gasteiger partial charge in [0.05, 0.1) is 7.11 Å². The maximum atomic E-state index is 12.0. The zero-order valence-corrected chi connectivity index (χ0v) is 13.0. The van der Waals surface area contributed by atoms with Crippen molar-refractivity contribution in [3.05, 3.63) is 48.7 Å². The number of aryl methyl sites for hydroxylation is 1. The molecule has 122 valence electrons. The van der Waals surface area contributed by atoms with Gasteiger partial charge in [-0.25, -0.2) is 4.98 Å². The lowest BCUT2D eigenvalue weighted by molar-refractivity contribution is -0.116. The Kier molecular flexibility index (Phi) is 4.76. The number of hydrogen-bond donors (Lipinski definition) is 1. The van der Waals surface area contributed by atoms with E-state index in [-0.39, 0.29) is 12.3 Å². The highest BCUT2D eigenvalue weighted by molar-refractivity contribution is 5.91. The molecule has 0 spiro atoms. The Hall–Kier alpha value is -3.29. The van der Waals surface area contributed by atoms with Gasteiger partial charge in [-0.05, 0) is 24.3 Å². The van der Waals surface area contributed by atoms with E-state index in [1.54, 1.807) is 36.8 Å². The summed E-state index contributed by atoms with van der Waals surface area (Å²) in [5.74, 6) is 1.50. The molecule has 3 aromatic heterocycles. The number of anilines is 1. The molecule has 0 saturated heterocycles. The molecule has 8 nitrogen and oxygen atoms in total. The second-order valence-corrected chi connectivity index (χ2v) is 4.86. The SMILES string of the molecule is COc1cccnc1NC(=O)CCc1nc(-c2cccnc2)no1. The summed E-state index contributed by atoms with van der Waals surface area (Å²) in [6, 6.07) is 7.08. The topological polar surface area (TPSA) is 103 Å². The minimum Gasteiger partial charge on any atom is -0.493 e. The molecule has 0 atom stereocenters. The third-order valence-corrected chi connectivity index (χ3v) is 3.20. The van der Waals surface area contributed by atoms with Gasteiger partial charge in [0.15, 0.2) is 11.6 Å². The van der Waals surface area contributed by atoms with E-state index in [1.165, 1.54) is 7.11 Å². The normalized spacial score (nSPS) is 10.4. The van der Waals surface area contributed by atoms with E-state index in [9.17, 15) is 4.79 Å². The summed E-state index contributed by atoms with van der Waals surface area (Å²) in [6.45, 7) is 0. The zero-order valence-electron chi connectivity index (χ0n) is 13.0. The van der Waals surface area contributed by atoms with Crippen LogP contribution in [0.5, 0.6) is 5.75 Å². The fraction of sp³-hybridized carbons (Fsp3) is 0.188. The van der Waals surface area contributed by atoms with Crippen LogP contribution in [-0.2, 0) is 11.2 Å². The second kappa shape index (κ2) is 7.32. The van der Waals surface area contributed by atoms with Gasteiger partial charge < -0.3 is 14.6 Å². The van der Waals surface area contributed by atoms with Gasteiger partial charge in [0.2, 0.25) is 17.6 Å². The fourth-order valence-electron chi connectivity index (χ4n) is 2.03. The Bertz CT molecular complexity index is 819. The van der Waals surface area contributed by atoms with E-state index in [2.05, 4.69) is 25.4 Å². The highest BCUT2D eigenvalue weighted by atomic mass is 16.5. The van der Waals surface area contributed by atoms with Crippen molar-refractivity contribution in [2.24, 2.45) is 0 Å². The predicted octanol–water partition coefficient (Wildman–Crippen LogP) is 2.11. The molecule has 0 aromatic carbocycles. The molecule has 0 aliphatic rings. The van der Waals surface area contributed by atoms with Gasteiger partial charge in [0.1, 0.15) is 0 Å². The number of carbonyl (C=O) groups excluding carboxylic acids is 1. The number of rotatable bonds is 6. The molecule has 0 aliphatic carbocycles. The fourth-order valence-corrected chi connectivity index (χ4v) is 2.03. The van der Waals surface area contributed by atoms with E-state index in [0.717, 1.165) is 5.56 Å². The molecule has 3 aromatic rings. The first kappa shape index (κ1) is 15.6. The van der Waals surface area contributed by atoms with Gasteiger partial charge in [-0.15, -0.1) is 0 Å². The van der Waals surface area contributed by atoms with E-state index >= 15 is 0 Å². The smallest absolute Gasteiger partial charge is 0.227 e. The molecular formula is C16H15N5O3. The molecule has 8 heteroatoms. The Morgan fingerprint density at radius 2 is 2.17 bits per heavy atom. The Labute approximate surface area is 137 Å². The second-order valence-electron chi connectivity index (χ2n) is 4.86. The summed E-state index contributed by atoms with van der Waals surface area (Å²) < 4.78 is 10.3. The Balaban J connectivity index is 1.58. The minimum absolute atomic E-state index is 0.189. The van der Waals surface area contributed by atoms with Gasteiger partial charge >= 0.3 is 0 Å². The molecule has 1 N–H and O–H groups in total. The number of aromatic nitrogens is 4. The quantitative estimate of drug-likeness (QED) is 0.740. The first-order valence-corrected chi connectivity index (χ1v) is 7.28. The summed E-state index contributed by atoms with van der Waals surface area (Å²) in [7, 11) is 1.52. The number of amides is 1. The zero-order chi connectivity index (χ0) is 16.8. The largest absolute Gasteiger partial charge is 0.493 e. The lowest BCUT2D eigenvalue weighted by Gasteiger charge is -2.07. The standard InChI is InChI=1S/C16H15N5O3/c1-23-12-5-3-9-18-16(12)19-13(22)6-7-14-20-15(21-24-14)11-4-2-8-17-10-11/h2-5,8-10H,6-7H2,1H3,(H,18,19,22). The lowest BCUT2D eigenvalue weighted by Crippen LogP contribution is -2.14. The van der Waals surface area contributed by atoms with Crippen molar-refractivity contribution in [2.75, 3.05) is 12.4 Å². The number of nitrogens with zero attached hydrogens (tertiary/aromatic N) is 4. The monoisotopic (exact) mass is 325 g/mol. The van der Waals surface area contributed by atoms with Crippen LogP contribution in [0, 0.1) is 0 Å². The minimum atomic E-state index is -0.215. The van der Waals surface area contributed by atoms with Crippen LogP contribution in [-0.4, -0.2) is 33.1 Å². The van der Waals surface area contributed by atoms with Crippen LogP contribution in [0.3, 0.4) is 0 Å². The van der Waals surface area contributed by atoms with Crippen LogP contribution in [0.1, 0.15) is 12.3 Å². The van der Waals surface area contributed by atoms with Crippen molar-refractivity contribution in [1.29, 1.82) is 0 Å². The molecule has 0 unspecified atom stereocenters. The molecule has 0 saturated carbocycles. The molecule has 3 rings (SSSR count). The van der Waals surface area contributed by atoms with Crippen LogP contribution >= 0.6 is 0 Å². The van der Waals surface area contributed by atoms with Gasteiger partial charge in [-0.3, -0.25) is 9.78 Å². The molecular weight excluding hydrogens is 310 g/mol. The average molecular weight is 325 g/mol. The molecule has 24 heavy (non-hydrogen) atoms. The molecule has 0 fully saturated rings. The van der Waals surface area contributed by atoms with Crippen molar-refractivity contribution >= 4 is 11.7 Å². The Morgan fingerprint density at radius 3 is 2.96 bits per heavy atom. The van der Waals surface area contributed by atoms with Crippen LogP contribution in [0.4, 0.5) is 5.82 Å². The van der Waals surface area contributed by atoms with E-state index in [0.29, 0.717) is 29.7 Å². The van der Waals surface area contributed by atoms with E-state index < -0.39 is 0 Å². The van der Waals surface area contributed by atoms with Gasteiger partial charge in [0, 0.05) is 37.0 Å². The maximum absolute atomic E-state index is 12.0. The highest BCUT2D eigenvalue weighted by Gasteiger charge is 2.12. The summed E-state index contributed by atoms with van der Waals surface area (Å²) in [5, 5.41) is 6.58. The average Bonchev–Trinajstić information content (AvgIpc) is 3.10. The third-order valence-electron chi connectivity index (χ3n) is 3.20. The third kappa shape index (κ3) is 3.72. The maximum Gasteiger partial charge on any atom is 0.227 e. The van der Waals surface area contributed by atoms with Crippen LogP contribution in [0.25, 0.3) is 11.4 Å². The van der Waals surface area contributed by atoms with Crippen molar-refractivity contribution in [3.8, 4) is 17.1 Å². The predicted molar refractivity (Wildman–Crippen MR) is 85.3 cm³/mol. The van der Waals surface area contributed by atoms with E-state index in [1.807, 2.05) is 6.07 Å². The Morgan fingerprint density at radius 1 is 1.29 bits per heavy atom. The van der Waals surface area contributed by atoms with Crippen molar-refractivity contribution in [1.82, 2.24) is 20.1 Å². The number of pyridine rings is 2. The number of ether oxygens (including phenoxy) is 1. The lowest BCUT2D eigenvalue weighted by atomic mass is 10.2. The summed E-state index contributed by atoms with van der Waals surface area (Å²) in [4.78, 5) is 24.4. The van der Waals surface area contributed by atoms with Crippen molar-refractivity contribution < 1.29 is 14.1 Å². The highest BCUT2D eigenvalue weighted by Crippen LogP contribution is 2.20. The molecule has 0 bridgehead atoms. The number of nitrogens with one attached hydrogen (secondary N) is 1. The molecule has 1 amide bonds. The van der Waals surface area contributed by atoms with Crippen LogP contribution in [0.2, 0.25) is 0 Å². The number of hydrogen-bond acceptors (Lipinski definition) is 7. The van der Waals surface area contributed by atoms with Crippen molar-refractivity contribution in [3.63, 3.8) is 0 Å². The number of methoxy groups -OCH3 is 1. The molecule has 0 radical (unpaired) electrons. The first-order chi connectivity index (χ1) is 11.8. The first-order valence-electron chi connectivity index (χ1n) is 7.28.